The van der Waals surface area contributed by atoms with Crippen LogP contribution in [0.3, 0.4) is 0 Å². The third kappa shape index (κ3) is 4.00. The van der Waals surface area contributed by atoms with E-state index in [1.54, 1.807) is 5.41 Å². The Morgan fingerprint density at radius 2 is 2.25 bits per heavy atom. The Labute approximate surface area is 56.7 Å². The maximum atomic E-state index is 3.91. The summed E-state index contributed by atoms with van der Waals surface area (Å²) in [5.74, 6) is 0. The average molecular weight is 128 g/mol. The number of hydrogen-bond acceptors (Lipinski definition) is 1. The van der Waals surface area contributed by atoms with Crippen LogP contribution in [0.25, 0.3) is 0 Å². The minimum Gasteiger partial charge on any atom is -0.151 e. The third-order valence-electron chi connectivity index (χ3n) is 1.02. The molecule has 0 unspecified atom stereocenters. The van der Waals surface area contributed by atoms with Gasteiger partial charge in [0.15, 0.2) is 0 Å². The monoisotopic (exact) mass is 128 g/mol. The highest BCUT2D eigenvalue weighted by Gasteiger charge is 1.75. The predicted octanol–water partition coefficient (Wildman–Crippen LogP) is 2.79. The topological polar surface area (TPSA) is 0 Å². The number of thiol groups is 1. The van der Waals surface area contributed by atoms with E-state index in [0.29, 0.717) is 0 Å². The second kappa shape index (κ2) is 4.98. The molecule has 0 aromatic heterocycles. The van der Waals surface area contributed by atoms with Crippen molar-refractivity contribution in [1.82, 2.24) is 0 Å². The van der Waals surface area contributed by atoms with E-state index in [1.165, 1.54) is 5.57 Å². The van der Waals surface area contributed by atoms with Crippen LogP contribution in [-0.2, 0) is 0 Å². The molecule has 0 heterocycles. The van der Waals surface area contributed by atoms with Crippen molar-refractivity contribution in [2.45, 2.75) is 20.3 Å². The Morgan fingerprint density at radius 3 is 2.62 bits per heavy atom. The molecule has 0 saturated carbocycles. The molecular weight excluding hydrogens is 116 g/mol. The Hall–Kier alpha value is -0.170. The van der Waals surface area contributed by atoms with Gasteiger partial charge in [0.1, 0.15) is 0 Å². The van der Waals surface area contributed by atoms with Crippen molar-refractivity contribution < 1.29 is 0 Å². The normalized spacial score (nSPS) is 13.1. The van der Waals surface area contributed by atoms with Gasteiger partial charge in [-0.05, 0) is 18.8 Å². The maximum absolute atomic E-state index is 3.91. The molecule has 0 bridgehead atoms. The lowest BCUT2D eigenvalue weighted by Gasteiger charge is -1.86. The van der Waals surface area contributed by atoms with E-state index < -0.39 is 0 Å². The highest BCUT2D eigenvalue weighted by atomic mass is 32.1. The summed E-state index contributed by atoms with van der Waals surface area (Å²) in [7, 11) is 0. The Bertz CT molecular complexity index is 101. The third-order valence-corrected chi connectivity index (χ3v) is 1.20. The van der Waals surface area contributed by atoms with Gasteiger partial charge in [-0.25, -0.2) is 0 Å². The molecule has 0 nitrogen and oxygen atoms in total. The summed E-state index contributed by atoms with van der Waals surface area (Å²) in [5, 5.41) is 1.74. The molecule has 0 aromatic carbocycles. The molecule has 0 aromatic rings. The van der Waals surface area contributed by atoms with Crippen LogP contribution in [0, 0.1) is 0 Å². The smallest absolute Gasteiger partial charge is 0.0324 e. The summed E-state index contributed by atoms with van der Waals surface area (Å²) in [4.78, 5) is 0. The summed E-state index contributed by atoms with van der Waals surface area (Å²) in [6.07, 6.45) is 5.12. The predicted molar refractivity (Wildman–Crippen MR) is 42.2 cm³/mol. The van der Waals surface area contributed by atoms with Crippen LogP contribution in [0.1, 0.15) is 20.3 Å². The van der Waals surface area contributed by atoms with Gasteiger partial charge < -0.3 is 0 Å². The molecule has 8 heavy (non-hydrogen) atoms. The second-order valence-corrected chi connectivity index (χ2v) is 2.01. The first-order chi connectivity index (χ1) is 3.81. The zero-order valence-corrected chi connectivity index (χ0v) is 6.28. The molecule has 0 N–H and O–H groups in total. The number of hydrogen-bond donors (Lipinski definition) is 1. The standard InChI is InChI=1S/C7H12S/c1-3-7(2)5-4-6-8/h4-6,8H,3H2,1-2H3/b6-4-,7-5+. The Morgan fingerprint density at radius 1 is 1.62 bits per heavy atom. The van der Waals surface area contributed by atoms with Gasteiger partial charge >= 0.3 is 0 Å². The highest BCUT2D eigenvalue weighted by Crippen LogP contribution is 1.97. The van der Waals surface area contributed by atoms with Gasteiger partial charge in [-0.3, -0.25) is 0 Å². The molecule has 0 aliphatic heterocycles. The van der Waals surface area contributed by atoms with Crippen LogP contribution in [-0.4, -0.2) is 0 Å². The van der Waals surface area contributed by atoms with Crippen LogP contribution in [0.4, 0.5) is 0 Å². The van der Waals surface area contributed by atoms with E-state index in [4.69, 9.17) is 0 Å². The maximum Gasteiger partial charge on any atom is -0.0324 e. The molecule has 1 heteroatoms. The van der Waals surface area contributed by atoms with Gasteiger partial charge in [0.2, 0.25) is 0 Å². The first-order valence-electron chi connectivity index (χ1n) is 2.77. The van der Waals surface area contributed by atoms with Gasteiger partial charge in [0.05, 0.1) is 0 Å². The van der Waals surface area contributed by atoms with Gasteiger partial charge in [0.25, 0.3) is 0 Å². The quantitative estimate of drug-likeness (QED) is 0.429. The van der Waals surface area contributed by atoms with Crippen LogP contribution in [0.15, 0.2) is 23.1 Å². The van der Waals surface area contributed by atoms with Crippen LogP contribution < -0.4 is 0 Å². The minimum absolute atomic E-state index is 1.12. The van der Waals surface area contributed by atoms with E-state index >= 15 is 0 Å². The molecular formula is C7H12S. The molecule has 46 valence electrons. The van der Waals surface area contributed by atoms with Crippen molar-refractivity contribution >= 4 is 12.6 Å². The summed E-state index contributed by atoms with van der Waals surface area (Å²) < 4.78 is 0. The summed E-state index contributed by atoms with van der Waals surface area (Å²) in [5.41, 5.74) is 1.38. The second-order valence-electron chi connectivity index (χ2n) is 1.71. The highest BCUT2D eigenvalue weighted by molar-refractivity contribution is 7.83. The van der Waals surface area contributed by atoms with Crippen LogP contribution >= 0.6 is 12.6 Å². The first-order valence-corrected chi connectivity index (χ1v) is 3.29. The lowest BCUT2D eigenvalue weighted by atomic mass is 10.2. The van der Waals surface area contributed by atoms with E-state index in [9.17, 15) is 0 Å². The van der Waals surface area contributed by atoms with Crippen molar-refractivity contribution in [3.8, 4) is 0 Å². The fraction of sp³-hybridized carbons (Fsp3) is 0.429. The van der Waals surface area contributed by atoms with E-state index in [0.717, 1.165) is 6.42 Å². The van der Waals surface area contributed by atoms with E-state index in [2.05, 4.69) is 32.6 Å². The van der Waals surface area contributed by atoms with E-state index in [1.807, 2.05) is 6.08 Å². The zero-order valence-electron chi connectivity index (χ0n) is 5.39. The number of rotatable bonds is 2. The molecule has 0 rings (SSSR count). The fourth-order valence-electron chi connectivity index (χ4n) is 0.325. The lowest BCUT2D eigenvalue weighted by Crippen LogP contribution is -1.65. The summed E-state index contributed by atoms with van der Waals surface area (Å²) >= 11 is 3.91. The van der Waals surface area contributed by atoms with Gasteiger partial charge in [-0.2, -0.15) is 12.6 Å². The minimum atomic E-state index is 1.12. The van der Waals surface area contributed by atoms with E-state index in [-0.39, 0.29) is 0 Å². The molecule has 0 radical (unpaired) electrons. The molecule has 0 aliphatic carbocycles. The van der Waals surface area contributed by atoms with Crippen molar-refractivity contribution in [2.24, 2.45) is 0 Å². The molecule has 0 atom stereocenters. The van der Waals surface area contributed by atoms with Crippen molar-refractivity contribution in [1.29, 1.82) is 0 Å². The van der Waals surface area contributed by atoms with Gasteiger partial charge in [-0.15, -0.1) is 0 Å². The van der Waals surface area contributed by atoms with Crippen LogP contribution in [0.2, 0.25) is 0 Å². The Kier molecular flexibility index (Phi) is 4.87. The van der Waals surface area contributed by atoms with Crippen molar-refractivity contribution in [3.05, 3.63) is 23.1 Å². The average Bonchev–Trinajstić information content (AvgIpc) is 1.83. The zero-order chi connectivity index (χ0) is 6.41. The molecule has 0 amide bonds. The first kappa shape index (κ1) is 7.83. The lowest BCUT2D eigenvalue weighted by molar-refractivity contribution is 1.10. The van der Waals surface area contributed by atoms with Crippen LogP contribution in [0.5, 0.6) is 0 Å². The van der Waals surface area contributed by atoms with Gasteiger partial charge in [0, 0.05) is 0 Å². The molecule has 0 saturated heterocycles. The largest absolute Gasteiger partial charge is 0.151 e. The van der Waals surface area contributed by atoms with Gasteiger partial charge in [-0.1, -0.05) is 24.6 Å². The molecule has 0 fully saturated rings. The molecule has 0 spiro atoms. The SMILES string of the molecule is CC/C(C)=C/C=C\S. The summed E-state index contributed by atoms with van der Waals surface area (Å²) in [6.45, 7) is 4.24. The fourth-order valence-corrected chi connectivity index (χ4v) is 0.411. The van der Waals surface area contributed by atoms with Crippen molar-refractivity contribution in [2.75, 3.05) is 0 Å². The molecule has 0 aliphatic rings. The number of allylic oxidation sites excluding steroid dienone is 3. The summed E-state index contributed by atoms with van der Waals surface area (Å²) in [6, 6.07) is 0. The van der Waals surface area contributed by atoms with Crippen molar-refractivity contribution in [3.63, 3.8) is 0 Å². The Balaban J connectivity index is 3.57.